The highest BCUT2D eigenvalue weighted by molar-refractivity contribution is 7.86. The number of hydrogen-bond donors (Lipinski definition) is 1. The molecule has 1 aromatic carbocycles. The summed E-state index contributed by atoms with van der Waals surface area (Å²) in [5.74, 6) is -1.73. The topological polar surface area (TPSA) is 114 Å². The fourth-order valence-electron chi connectivity index (χ4n) is 4.70. The van der Waals surface area contributed by atoms with Crippen molar-refractivity contribution in [2.45, 2.75) is 38.3 Å². The zero-order valence-electron chi connectivity index (χ0n) is 18.3. The summed E-state index contributed by atoms with van der Waals surface area (Å²) >= 11 is 0. The lowest BCUT2D eigenvalue weighted by Gasteiger charge is -2.41. The Bertz CT molecular complexity index is 1050. The van der Waals surface area contributed by atoms with Crippen molar-refractivity contribution < 1.29 is 22.4 Å². The molecule has 2 atom stereocenters. The maximum atomic E-state index is 13.8. The number of carbonyl (C=O) groups is 2. The van der Waals surface area contributed by atoms with E-state index in [2.05, 4.69) is 11.4 Å². The van der Waals surface area contributed by atoms with E-state index in [-0.39, 0.29) is 43.9 Å². The molecule has 1 aromatic rings. The summed E-state index contributed by atoms with van der Waals surface area (Å²) in [6.07, 6.45) is 2.32. The van der Waals surface area contributed by atoms with Gasteiger partial charge >= 0.3 is 0 Å². The monoisotopic (exact) mass is 477 g/mol. The Morgan fingerprint density at radius 2 is 1.82 bits per heavy atom. The molecular formula is C22H28FN5O4S. The lowest BCUT2D eigenvalue weighted by Crippen LogP contribution is -2.57. The Labute approximate surface area is 193 Å². The van der Waals surface area contributed by atoms with Crippen LogP contribution in [-0.4, -0.2) is 72.5 Å². The number of nitriles is 1. The summed E-state index contributed by atoms with van der Waals surface area (Å²) < 4.78 is 42.2. The largest absolute Gasteiger partial charge is 0.350 e. The maximum Gasteiger partial charge on any atom is 0.282 e. The minimum atomic E-state index is -3.70. The van der Waals surface area contributed by atoms with Gasteiger partial charge in [-0.1, -0.05) is 18.2 Å². The van der Waals surface area contributed by atoms with Gasteiger partial charge in [-0.15, -0.1) is 0 Å². The van der Waals surface area contributed by atoms with Crippen LogP contribution in [0.4, 0.5) is 4.39 Å². The molecule has 9 nitrogen and oxygen atoms in total. The molecule has 0 saturated carbocycles. The van der Waals surface area contributed by atoms with E-state index in [1.165, 1.54) is 14.7 Å². The van der Waals surface area contributed by atoms with Crippen LogP contribution in [0.5, 0.6) is 0 Å². The Kier molecular flexibility index (Phi) is 6.97. The third kappa shape index (κ3) is 4.88. The van der Waals surface area contributed by atoms with Gasteiger partial charge < -0.3 is 10.2 Å². The predicted octanol–water partition coefficient (Wildman–Crippen LogP) is 0.845. The van der Waals surface area contributed by atoms with E-state index in [4.69, 9.17) is 5.26 Å². The van der Waals surface area contributed by atoms with Crippen molar-refractivity contribution in [3.8, 4) is 6.07 Å². The van der Waals surface area contributed by atoms with Gasteiger partial charge in [0.05, 0.1) is 17.9 Å². The molecule has 178 valence electrons. The van der Waals surface area contributed by atoms with E-state index < -0.39 is 28.0 Å². The number of nitrogens with zero attached hydrogens (tertiary/aromatic N) is 4. The molecule has 0 bridgehead atoms. The standard InChI is InChI=1S/C22H28FN5O4S/c23-19-7-2-1-5-17(19)12-25-21(29)20-8-4-10-28(20)22(30)18-6-3-9-26(15-18)33(31,32)27-13-16(11-24)14-27/h1-2,5,7,16,18,20H,3-4,6,8-10,12-15H2,(H,25,29)/t18-,20+/m0/s1. The van der Waals surface area contributed by atoms with E-state index >= 15 is 0 Å². The molecule has 11 heteroatoms. The van der Waals surface area contributed by atoms with Gasteiger partial charge in [-0.2, -0.15) is 22.3 Å². The Morgan fingerprint density at radius 1 is 1.09 bits per heavy atom. The molecule has 0 aliphatic carbocycles. The average molecular weight is 478 g/mol. The van der Waals surface area contributed by atoms with Crippen LogP contribution < -0.4 is 5.32 Å². The molecule has 0 spiro atoms. The fraction of sp³-hybridized carbons (Fsp3) is 0.591. The molecule has 3 saturated heterocycles. The molecule has 2 amide bonds. The first-order valence-electron chi connectivity index (χ1n) is 11.3. The van der Waals surface area contributed by atoms with Crippen molar-refractivity contribution in [2.75, 3.05) is 32.7 Å². The van der Waals surface area contributed by atoms with Crippen molar-refractivity contribution >= 4 is 22.0 Å². The second kappa shape index (κ2) is 9.75. The first kappa shape index (κ1) is 23.6. The first-order chi connectivity index (χ1) is 15.8. The van der Waals surface area contributed by atoms with E-state index in [1.54, 1.807) is 23.1 Å². The van der Waals surface area contributed by atoms with Crippen LogP contribution in [0.25, 0.3) is 0 Å². The minimum absolute atomic E-state index is 0.0407. The van der Waals surface area contributed by atoms with E-state index in [0.29, 0.717) is 44.3 Å². The Balaban J connectivity index is 1.37. The average Bonchev–Trinajstić information content (AvgIpc) is 3.27. The first-order valence-corrected chi connectivity index (χ1v) is 12.7. The van der Waals surface area contributed by atoms with Gasteiger partial charge in [0.25, 0.3) is 10.2 Å². The number of nitrogens with one attached hydrogen (secondary N) is 1. The summed E-state index contributed by atoms with van der Waals surface area (Å²) in [5.41, 5.74) is 0.375. The molecule has 0 radical (unpaired) electrons. The van der Waals surface area contributed by atoms with Crippen LogP contribution in [-0.2, 0) is 26.3 Å². The maximum absolute atomic E-state index is 13.8. The number of halogens is 1. The molecular weight excluding hydrogens is 449 g/mol. The highest BCUT2D eigenvalue weighted by Gasteiger charge is 2.44. The van der Waals surface area contributed by atoms with E-state index in [1.807, 2.05) is 0 Å². The van der Waals surface area contributed by atoms with Gasteiger partial charge in [0.15, 0.2) is 0 Å². The number of likely N-dealkylation sites (tertiary alicyclic amines) is 1. The smallest absolute Gasteiger partial charge is 0.282 e. The van der Waals surface area contributed by atoms with Gasteiger partial charge in [0.1, 0.15) is 11.9 Å². The zero-order valence-corrected chi connectivity index (χ0v) is 19.1. The summed E-state index contributed by atoms with van der Waals surface area (Å²) in [5, 5.41) is 11.6. The van der Waals surface area contributed by atoms with Crippen LogP contribution in [0, 0.1) is 29.0 Å². The quantitative estimate of drug-likeness (QED) is 0.652. The minimum Gasteiger partial charge on any atom is -0.350 e. The molecule has 0 unspecified atom stereocenters. The van der Waals surface area contributed by atoms with Gasteiger partial charge in [-0.3, -0.25) is 9.59 Å². The van der Waals surface area contributed by atoms with Crippen molar-refractivity contribution in [2.24, 2.45) is 11.8 Å². The number of hydrogen-bond acceptors (Lipinski definition) is 5. The Hall–Kier alpha value is -2.55. The third-order valence-corrected chi connectivity index (χ3v) is 8.60. The third-order valence-electron chi connectivity index (χ3n) is 6.67. The van der Waals surface area contributed by atoms with Crippen molar-refractivity contribution in [3.63, 3.8) is 0 Å². The van der Waals surface area contributed by atoms with Crippen LogP contribution >= 0.6 is 0 Å². The second-order valence-corrected chi connectivity index (χ2v) is 10.8. The number of piperidine rings is 1. The van der Waals surface area contributed by atoms with Crippen molar-refractivity contribution in [1.82, 2.24) is 18.8 Å². The molecule has 3 heterocycles. The summed E-state index contributed by atoms with van der Waals surface area (Å²) in [6, 6.07) is 7.63. The number of rotatable bonds is 6. The van der Waals surface area contributed by atoms with Crippen molar-refractivity contribution in [1.29, 1.82) is 5.26 Å². The highest BCUT2D eigenvalue weighted by atomic mass is 32.2. The van der Waals surface area contributed by atoms with Crippen LogP contribution in [0.1, 0.15) is 31.2 Å². The summed E-state index contributed by atoms with van der Waals surface area (Å²) in [6.45, 7) is 1.27. The molecule has 4 rings (SSSR count). The SMILES string of the molecule is N#CC1CN(S(=O)(=O)N2CCC[C@H](C(=O)N3CCC[C@@H]3C(=O)NCc3ccccc3F)C2)C1. The van der Waals surface area contributed by atoms with Gasteiger partial charge in [0.2, 0.25) is 11.8 Å². The van der Waals surface area contributed by atoms with Crippen LogP contribution in [0.15, 0.2) is 24.3 Å². The lowest BCUT2D eigenvalue weighted by molar-refractivity contribution is -0.142. The molecule has 3 fully saturated rings. The normalized spacial score (nSPS) is 24.8. The zero-order chi connectivity index (χ0) is 23.6. The van der Waals surface area contributed by atoms with E-state index in [9.17, 15) is 22.4 Å². The molecule has 1 N–H and O–H groups in total. The number of amides is 2. The second-order valence-electron chi connectivity index (χ2n) is 8.85. The molecule has 3 aliphatic heterocycles. The molecule has 0 aromatic heterocycles. The van der Waals surface area contributed by atoms with Crippen molar-refractivity contribution in [3.05, 3.63) is 35.6 Å². The number of benzene rings is 1. The van der Waals surface area contributed by atoms with Crippen LogP contribution in [0.3, 0.4) is 0 Å². The van der Waals surface area contributed by atoms with Gasteiger partial charge in [-0.25, -0.2) is 4.39 Å². The predicted molar refractivity (Wildman–Crippen MR) is 117 cm³/mol. The fourth-order valence-corrected chi connectivity index (χ4v) is 6.50. The van der Waals surface area contributed by atoms with Crippen LogP contribution in [0.2, 0.25) is 0 Å². The molecule has 3 aliphatic rings. The lowest BCUT2D eigenvalue weighted by atomic mass is 9.97. The summed E-state index contributed by atoms with van der Waals surface area (Å²) in [7, 11) is -3.70. The van der Waals surface area contributed by atoms with Gasteiger partial charge in [-0.05, 0) is 31.7 Å². The van der Waals surface area contributed by atoms with Gasteiger partial charge in [0, 0.05) is 44.8 Å². The summed E-state index contributed by atoms with van der Waals surface area (Å²) in [4.78, 5) is 27.6. The molecule has 33 heavy (non-hydrogen) atoms. The number of carbonyl (C=O) groups excluding carboxylic acids is 2. The highest BCUT2D eigenvalue weighted by Crippen LogP contribution is 2.29. The van der Waals surface area contributed by atoms with E-state index in [0.717, 1.165) is 0 Å². The Morgan fingerprint density at radius 3 is 2.55 bits per heavy atom.